The largest absolute Gasteiger partial charge is 0.481 e. The maximum absolute atomic E-state index is 12.8. The van der Waals surface area contributed by atoms with E-state index in [1.165, 1.54) is 0 Å². The maximum atomic E-state index is 12.8. The lowest BCUT2D eigenvalue weighted by Crippen LogP contribution is -2.63. The normalized spacial score (nSPS) is 27.9. The third kappa shape index (κ3) is 2.80. The summed E-state index contributed by atoms with van der Waals surface area (Å²) >= 11 is 0. The molecule has 1 amide bonds. The molecule has 1 aromatic carbocycles. The van der Waals surface area contributed by atoms with E-state index in [0.717, 1.165) is 18.5 Å². The van der Waals surface area contributed by atoms with Crippen molar-refractivity contribution in [3.05, 3.63) is 23.8 Å². The van der Waals surface area contributed by atoms with Crippen LogP contribution in [-0.2, 0) is 16.0 Å². The summed E-state index contributed by atoms with van der Waals surface area (Å²) in [6.07, 6.45) is 2.39. The smallest absolute Gasteiger partial charge is 0.311 e. The van der Waals surface area contributed by atoms with Gasteiger partial charge in [-0.25, -0.2) is 0 Å². The van der Waals surface area contributed by atoms with Crippen LogP contribution < -0.4 is 9.47 Å². The summed E-state index contributed by atoms with van der Waals surface area (Å²) in [6, 6.07) is 5.43. The number of fused-ring (bicyclic) bond motifs is 2. The molecular formula is C19H24N2O5. The number of aliphatic carboxylic acids is 1. The third-order valence-corrected chi connectivity index (χ3v) is 6.10. The average molecular weight is 360 g/mol. The number of likely N-dealkylation sites (tertiary alicyclic amines) is 2. The molecule has 140 valence electrons. The predicted octanol–water partition coefficient (Wildman–Crippen LogP) is 1.36. The number of hydrogen-bond donors (Lipinski definition) is 1. The summed E-state index contributed by atoms with van der Waals surface area (Å²) < 4.78 is 10.7. The van der Waals surface area contributed by atoms with E-state index in [2.05, 4.69) is 4.90 Å². The van der Waals surface area contributed by atoms with Gasteiger partial charge in [0.05, 0.1) is 11.8 Å². The van der Waals surface area contributed by atoms with E-state index in [4.69, 9.17) is 9.47 Å². The van der Waals surface area contributed by atoms with Gasteiger partial charge in [0.2, 0.25) is 12.7 Å². The third-order valence-electron chi connectivity index (χ3n) is 6.10. The molecule has 3 heterocycles. The zero-order chi connectivity index (χ0) is 18.3. The van der Waals surface area contributed by atoms with Crippen molar-refractivity contribution in [3.63, 3.8) is 0 Å². The molecule has 2 saturated heterocycles. The molecule has 4 rings (SSSR count). The van der Waals surface area contributed by atoms with Gasteiger partial charge in [-0.05, 0) is 50.6 Å². The number of nitrogens with zero attached hydrogens (tertiary/aromatic N) is 2. The molecule has 0 bridgehead atoms. The van der Waals surface area contributed by atoms with Crippen molar-refractivity contribution in [2.24, 2.45) is 5.41 Å². The van der Waals surface area contributed by atoms with Gasteiger partial charge >= 0.3 is 5.97 Å². The Morgan fingerprint density at radius 1 is 1.23 bits per heavy atom. The first-order valence-corrected chi connectivity index (χ1v) is 9.09. The summed E-state index contributed by atoms with van der Waals surface area (Å²) in [5.41, 5.74) is 0.161. The molecule has 3 aliphatic heterocycles. The van der Waals surface area contributed by atoms with Crippen LogP contribution in [0.25, 0.3) is 0 Å². The Labute approximate surface area is 152 Å². The number of amides is 1. The van der Waals surface area contributed by atoms with Gasteiger partial charge in [0, 0.05) is 19.1 Å². The maximum Gasteiger partial charge on any atom is 0.311 e. The fourth-order valence-corrected chi connectivity index (χ4v) is 4.55. The molecular weight excluding hydrogens is 336 g/mol. The van der Waals surface area contributed by atoms with Crippen LogP contribution in [0.3, 0.4) is 0 Å². The minimum Gasteiger partial charge on any atom is -0.481 e. The van der Waals surface area contributed by atoms with Crippen LogP contribution in [0.1, 0.15) is 24.8 Å². The quantitative estimate of drug-likeness (QED) is 0.877. The summed E-state index contributed by atoms with van der Waals surface area (Å²) in [5, 5.41) is 9.84. The molecule has 2 atom stereocenters. The summed E-state index contributed by atoms with van der Waals surface area (Å²) in [6.45, 7) is 2.07. The van der Waals surface area contributed by atoms with Crippen LogP contribution in [-0.4, -0.2) is 66.3 Å². The van der Waals surface area contributed by atoms with Gasteiger partial charge in [0.1, 0.15) is 0 Å². The van der Waals surface area contributed by atoms with Crippen molar-refractivity contribution >= 4 is 11.9 Å². The number of carbonyl (C=O) groups excluding carboxylic acids is 1. The van der Waals surface area contributed by atoms with Crippen molar-refractivity contribution in [2.75, 3.05) is 33.5 Å². The highest BCUT2D eigenvalue weighted by Crippen LogP contribution is 2.42. The second-order valence-electron chi connectivity index (χ2n) is 7.52. The van der Waals surface area contributed by atoms with Gasteiger partial charge in [0.25, 0.3) is 0 Å². The molecule has 1 N–H and O–H groups in total. The molecule has 2 fully saturated rings. The second-order valence-corrected chi connectivity index (χ2v) is 7.52. The molecule has 26 heavy (non-hydrogen) atoms. The van der Waals surface area contributed by atoms with Crippen molar-refractivity contribution in [2.45, 2.75) is 31.7 Å². The lowest BCUT2D eigenvalue weighted by molar-refractivity contribution is -0.165. The Morgan fingerprint density at radius 3 is 2.85 bits per heavy atom. The van der Waals surface area contributed by atoms with Gasteiger partial charge in [-0.3, -0.25) is 9.59 Å². The first kappa shape index (κ1) is 17.1. The topological polar surface area (TPSA) is 79.3 Å². The monoisotopic (exact) mass is 360 g/mol. The van der Waals surface area contributed by atoms with E-state index in [1.807, 2.05) is 30.1 Å². The number of carboxylic acids is 1. The van der Waals surface area contributed by atoms with Crippen LogP contribution in [0, 0.1) is 5.41 Å². The molecule has 0 saturated carbocycles. The number of carbonyl (C=O) groups is 2. The van der Waals surface area contributed by atoms with Crippen molar-refractivity contribution < 1.29 is 24.2 Å². The number of piperidine rings is 2. The van der Waals surface area contributed by atoms with Gasteiger partial charge in [-0.2, -0.15) is 0 Å². The fraction of sp³-hybridized carbons (Fsp3) is 0.579. The number of hydrogen-bond acceptors (Lipinski definition) is 5. The highest BCUT2D eigenvalue weighted by molar-refractivity contribution is 5.81. The van der Waals surface area contributed by atoms with Crippen LogP contribution in [0.5, 0.6) is 11.5 Å². The lowest BCUT2D eigenvalue weighted by atomic mass is 9.68. The van der Waals surface area contributed by atoms with Crippen LogP contribution in [0.15, 0.2) is 18.2 Å². The SMILES string of the molecule is CN1CCC[C@]2(C(=O)O)CCN(C(=O)Cc3ccc4c(c3)OCO4)C[C@@H]12. The van der Waals surface area contributed by atoms with Crippen molar-refractivity contribution in [3.8, 4) is 11.5 Å². The van der Waals surface area contributed by atoms with Crippen molar-refractivity contribution in [1.82, 2.24) is 9.80 Å². The Hall–Kier alpha value is -2.28. The fourth-order valence-electron chi connectivity index (χ4n) is 4.55. The number of carboxylic acid groups (broad SMARTS) is 1. The molecule has 3 aliphatic rings. The zero-order valence-electron chi connectivity index (χ0n) is 14.9. The molecule has 1 aromatic rings. The second kappa shape index (κ2) is 6.46. The average Bonchev–Trinajstić information content (AvgIpc) is 3.09. The standard InChI is InChI=1S/C19H24N2O5/c1-20-7-2-5-19(18(23)24)6-8-21(11-16(19)20)17(22)10-13-3-4-14-15(9-13)26-12-25-14/h3-4,9,16H,2,5-8,10-12H2,1H3,(H,23,24)/t16-,19+/m1/s1. The molecule has 0 aliphatic carbocycles. The highest BCUT2D eigenvalue weighted by atomic mass is 16.7. The van der Waals surface area contributed by atoms with E-state index in [-0.39, 0.29) is 25.2 Å². The number of rotatable bonds is 3. The molecule has 7 nitrogen and oxygen atoms in total. The van der Waals surface area contributed by atoms with Crippen molar-refractivity contribution in [1.29, 1.82) is 0 Å². The van der Waals surface area contributed by atoms with E-state index in [0.29, 0.717) is 37.4 Å². The predicted molar refractivity (Wildman–Crippen MR) is 93.2 cm³/mol. The Balaban J connectivity index is 1.47. The summed E-state index contributed by atoms with van der Waals surface area (Å²) in [4.78, 5) is 28.7. The molecule has 0 unspecified atom stereocenters. The number of benzene rings is 1. The van der Waals surface area contributed by atoms with Crippen LogP contribution >= 0.6 is 0 Å². The van der Waals surface area contributed by atoms with E-state index >= 15 is 0 Å². The Morgan fingerprint density at radius 2 is 2.04 bits per heavy atom. The van der Waals surface area contributed by atoms with Gasteiger partial charge in [-0.15, -0.1) is 0 Å². The zero-order valence-corrected chi connectivity index (χ0v) is 14.9. The first-order valence-electron chi connectivity index (χ1n) is 9.09. The summed E-state index contributed by atoms with van der Waals surface area (Å²) in [5.74, 6) is 0.679. The summed E-state index contributed by atoms with van der Waals surface area (Å²) in [7, 11) is 1.97. The van der Waals surface area contributed by atoms with E-state index in [9.17, 15) is 14.7 Å². The van der Waals surface area contributed by atoms with Crippen LogP contribution in [0.2, 0.25) is 0 Å². The van der Waals surface area contributed by atoms with E-state index in [1.54, 1.807) is 0 Å². The molecule has 7 heteroatoms. The molecule has 0 aromatic heterocycles. The van der Waals surface area contributed by atoms with Gasteiger partial charge in [0.15, 0.2) is 11.5 Å². The van der Waals surface area contributed by atoms with E-state index < -0.39 is 11.4 Å². The van der Waals surface area contributed by atoms with Crippen LogP contribution in [0.4, 0.5) is 0 Å². The van der Waals surface area contributed by atoms with Gasteiger partial charge in [-0.1, -0.05) is 6.07 Å². The minimum atomic E-state index is -0.725. The number of likely N-dealkylation sites (N-methyl/N-ethyl adjacent to an activating group) is 1. The first-order chi connectivity index (χ1) is 12.5. The molecule has 0 spiro atoms. The molecule has 0 radical (unpaired) electrons. The number of ether oxygens (including phenoxy) is 2. The highest BCUT2D eigenvalue weighted by Gasteiger charge is 2.52. The Bertz CT molecular complexity index is 737. The Kier molecular flexibility index (Phi) is 4.26. The van der Waals surface area contributed by atoms with Gasteiger partial charge < -0.3 is 24.4 Å². The minimum absolute atomic E-state index is 0.0295. The lowest BCUT2D eigenvalue weighted by Gasteiger charge is -2.51.